The van der Waals surface area contributed by atoms with Crippen molar-refractivity contribution in [3.8, 4) is 22.3 Å². The number of hydrogen-bond acceptors (Lipinski definition) is 9. The van der Waals surface area contributed by atoms with Gasteiger partial charge in [0.2, 0.25) is 23.6 Å². The standard InChI is InChI=1S/C42H36Cl4N6O8S/c1-25(53)47-11-15-49(16-12-47)37(55)9-5-27-3-7-35(41(51(57)58)39(27)29-19-31(43)23-32(44)20-29)61-36-8-4-28(6-10-38(56)50-17-13-48(14-18-50)26(2)54)40(42(36)52(59)60)30-21-33(45)24-34(46)22-30/h3-10,19-24H,11-18H2,1-2H3/b9-5+,10-6+. The van der Waals surface area contributed by atoms with Crippen molar-refractivity contribution in [2.45, 2.75) is 23.6 Å². The van der Waals surface area contributed by atoms with E-state index >= 15 is 0 Å². The summed E-state index contributed by atoms with van der Waals surface area (Å²) in [4.78, 5) is 81.6. The largest absolute Gasteiger partial charge is 0.339 e. The molecule has 4 amide bonds. The van der Waals surface area contributed by atoms with Crippen molar-refractivity contribution in [2.24, 2.45) is 0 Å². The van der Waals surface area contributed by atoms with E-state index in [1.807, 2.05) is 0 Å². The summed E-state index contributed by atoms with van der Waals surface area (Å²) in [6.45, 7) is 5.62. The minimum absolute atomic E-state index is 0.0151. The Kier molecular flexibility index (Phi) is 14.4. The molecule has 0 spiro atoms. The van der Waals surface area contributed by atoms with Crippen molar-refractivity contribution in [2.75, 3.05) is 52.4 Å². The van der Waals surface area contributed by atoms with Crippen molar-refractivity contribution in [3.63, 3.8) is 0 Å². The number of benzene rings is 4. The van der Waals surface area contributed by atoms with Gasteiger partial charge in [-0.2, -0.15) is 0 Å². The molecule has 61 heavy (non-hydrogen) atoms. The van der Waals surface area contributed by atoms with Crippen LogP contribution in [0.1, 0.15) is 25.0 Å². The second kappa shape index (κ2) is 19.5. The Morgan fingerprint density at radius 2 is 0.852 bits per heavy atom. The molecule has 0 atom stereocenters. The molecule has 4 aromatic rings. The molecule has 19 heteroatoms. The number of rotatable bonds is 10. The Morgan fingerprint density at radius 3 is 1.15 bits per heavy atom. The number of nitro groups is 2. The lowest BCUT2D eigenvalue weighted by Crippen LogP contribution is -2.49. The Hall–Kier alpha value is -5.45. The van der Waals surface area contributed by atoms with Gasteiger partial charge in [0.25, 0.3) is 11.4 Å². The predicted octanol–water partition coefficient (Wildman–Crippen LogP) is 9.01. The Balaban J connectivity index is 1.45. The summed E-state index contributed by atoms with van der Waals surface area (Å²) in [6, 6.07) is 14.8. The fraction of sp³-hybridized carbons (Fsp3) is 0.238. The highest BCUT2D eigenvalue weighted by Gasteiger charge is 2.31. The summed E-state index contributed by atoms with van der Waals surface area (Å²) in [6.07, 6.45) is 5.48. The number of halogens is 4. The Labute approximate surface area is 374 Å². The lowest BCUT2D eigenvalue weighted by atomic mass is 9.97. The molecule has 0 aliphatic carbocycles. The highest BCUT2D eigenvalue weighted by Crippen LogP contribution is 2.49. The smallest absolute Gasteiger partial charge is 0.291 e. The Bertz CT molecular complexity index is 2310. The molecule has 0 saturated carbocycles. The molecule has 14 nitrogen and oxygen atoms in total. The van der Waals surface area contributed by atoms with E-state index in [9.17, 15) is 39.4 Å². The molecule has 2 aliphatic rings. The van der Waals surface area contributed by atoms with E-state index in [1.165, 1.54) is 86.7 Å². The average molecular weight is 927 g/mol. The molecule has 0 radical (unpaired) electrons. The third-order valence-corrected chi connectivity index (χ3v) is 12.1. The summed E-state index contributed by atoms with van der Waals surface area (Å²) in [7, 11) is 0. The number of hydrogen-bond donors (Lipinski definition) is 0. The third-order valence-electron chi connectivity index (χ3n) is 10.1. The highest BCUT2D eigenvalue weighted by molar-refractivity contribution is 7.99. The van der Waals surface area contributed by atoms with Crippen molar-refractivity contribution < 1.29 is 29.0 Å². The van der Waals surface area contributed by atoms with Gasteiger partial charge >= 0.3 is 0 Å². The summed E-state index contributed by atoms with van der Waals surface area (Å²) >= 11 is 26.3. The number of nitrogens with zero attached hydrogens (tertiary/aromatic N) is 6. The van der Waals surface area contributed by atoms with Crippen LogP contribution in [0, 0.1) is 20.2 Å². The molecule has 0 bridgehead atoms. The monoisotopic (exact) mass is 924 g/mol. The number of amides is 4. The van der Waals surface area contributed by atoms with E-state index in [4.69, 9.17) is 46.4 Å². The van der Waals surface area contributed by atoms with Crippen LogP contribution in [0.4, 0.5) is 11.4 Å². The molecule has 4 aromatic carbocycles. The maximum atomic E-state index is 13.3. The lowest BCUT2D eigenvalue weighted by molar-refractivity contribution is -0.387. The van der Waals surface area contributed by atoms with Gasteiger partial charge in [0.1, 0.15) is 0 Å². The van der Waals surface area contributed by atoms with Gasteiger partial charge in [-0.25, -0.2) is 0 Å². The van der Waals surface area contributed by atoms with Gasteiger partial charge in [-0.3, -0.25) is 39.4 Å². The van der Waals surface area contributed by atoms with E-state index in [2.05, 4.69) is 0 Å². The normalized spacial score (nSPS) is 14.5. The van der Waals surface area contributed by atoms with Gasteiger partial charge in [0.05, 0.1) is 30.8 Å². The zero-order valence-corrected chi connectivity index (χ0v) is 36.4. The van der Waals surface area contributed by atoms with Crippen LogP contribution in [0.5, 0.6) is 0 Å². The van der Waals surface area contributed by atoms with Gasteiger partial charge in [0.15, 0.2) is 0 Å². The zero-order valence-electron chi connectivity index (χ0n) is 32.6. The molecule has 6 rings (SSSR count). The van der Waals surface area contributed by atoms with Gasteiger partial charge in [-0.1, -0.05) is 70.3 Å². The molecular weight excluding hydrogens is 890 g/mol. The molecule has 0 aromatic heterocycles. The van der Waals surface area contributed by atoms with Crippen LogP contribution >= 0.6 is 58.2 Å². The zero-order chi connectivity index (χ0) is 44.1. The third kappa shape index (κ3) is 10.7. The molecule has 2 fully saturated rings. The van der Waals surface area contributed by atoms with Gasteiger partial charge < -0.3 is 19.6 Å². The molecule has 2 aliphatic heterocycles. The fourth-order valence-electron chi connectivity index (χ4n) is 7.12. The van der Waals surface area contributed by atoms with E-state index in [-0.39, 0.29) is 86.9 Å². The average Bonchev–Trinajstić information content (AvgIpc) is 3.21. The first-order chi connectivity index (χ1) is 29.0. The first-order valence-corrected chi connectivity index (χ1v) is 21.0. The van der Waals surface area contributed by atoms with Crippen LogP contribution < -0.4 is 0 Å². The molecule has 316 valence electrons. The summed E-state index contributed by atoms with van der Waals surface area (Å²) in [5.74, 6) is -0.915. The van der Waals surface area contributed by atoms with Crippen LogP contribution in [0.25, 0.3) is 34.4 Å². The summed E-state index contributed by atoms with van der Waals surface area (Å²) < 4.78 is 0. The van der Waals surface area contributed by atoms with Crippen molar-refractivity contribution in [1.82, 2.24) is 19.6 Å². The van der Waals surface area contributed by atoms with Crippen LogP contribution in [-0.4, -0.2) is 105 Å². The van der Waals surface area contributed by atoms with Crippen LogP contribution in [0.2, 0.25) is 20.1 Å². The SMILES string of the molecule is CC(=O)N1CCN(C(=O)/C=C/c2ccc(Sc3ccc(/C=C/C(=O)N4CCN(C(C)=O)CC4)c(-c4cc(Cl)cc(Cl)c4)c3[N+](=O)[O-])c([N+](=O)[O-])c2-c2cc(Cl)cc(Cl)c2)CC1. The minimum Gasteiger partial charge on any atom is -0.339 e. The maximum absolute atomic E-state index is 13.3. The predicted molar refractivity (Wildman–Crippen MR) is 237 cm³/mol. The second-order valence-electron chi connectivity index (χ2n) is 14.0. The first-order valence-electron chi connectivity index (χ1n) is 18.7. The van der Waals surface area contributed by atoms with Crippen molar-refractivity contribution in [1.29, 1.82) is 0 Å². The molecule has 2 heterocycles. The van der Waals surface area contributed by atoms with E-state index < -0.39 is 21.2 Å². The van der Waals surface area contributed by atoms with Crippen molar-refractivity contribution in [3.05, 3.63) is 124 Å². The Morgan fingerprint density at radius 1 is 0.541 bits per heavy atom. The van der Waals surface area contributed by atoms with Crippen LogP contribution in [0.3, 0.4) is 0 Å². The molecule has 0 N–H and O–H groups in total. The van der Waals surface area contributed by atoms with Gasteiger partial charge in [0, 0.05) is 98.4 Å². The molecule has 2 saturated heterocycles. The highest BCUT2D eigenvalue weighted by atomic mass is 35.5. The lowest BCUT2D eigenvalue weighted by Gasteiger charge is -2.33. The fourth-order valence-corrected chi connectivity index (χ4v) is 9.23. The van der Waals surface area contributed by atoms with Crippen LogP contribution in [0.15, 0.2) is 82.6 Å². The first kappa shape index (κ1) is 45.1. The minimum atomic E-state index is -0.616. The summed E-state index contributed by atoms with van der Waals surface area (Å²) in [5.41, 5.74) is 0.274. The number of carbonyl (C=O) groups excluding carboxylic acids is 4. The van der Waals surface area contributed by atoms with Crippen LogP contribution in [-0.2, 0) is 19.2 Å². The molecular formula is C42H36Cl4N6O8S. The van der Waals surface area contributed by atoms with Crippen molar-refractivity contribution >= 4 is 105 Å². The van der Waals surface area contributed by atoms with Gasteiger partial charge in [-0.15, -0.1) is 0 Å². The number of nitro benzene ring substituents is 2. The van der Waals surface area contributed by atoms with E-state index in [0.717, 1.165) is 11.8 Å². The topological polar surface area (TPSA) is 168 Å². The number of piperazine rings is 2. The van der Waals surface area contributed by atoms with E-state index in [1.54, 1.807) is 31.7 Å². The quantitative estimate of drug-likeness (QED) is 0.0857. The van der Waals surface area contributed by atoms with Gasteiger partial charge in [-0.05, 0) is 82.9 Å². The summed E-state index contributed by atoms with van der Waals surface area (Å²) in [5, 5.41) is 27.0. The molecule has 0 unspecified atom stereocenters. The maximum Gasteiger partial charge on any atom is 0.291 e. The second-order valence-corrected chi connectivity index (χ2v) is 16.8. The van der Waals surface area contributed by atoms with E-state index in [0.29, 0.717) is 52.4 Å². The number of carbonyl (C=O) groups is 4.